The van der Waals surface area contributed by atoms with Crippen molar-refractivity contribution >= 4 is 41.5 Å². The van der Waals surface area contributed by atoms with Gasteiger partial charge in [0.2, 0.25) is 35.4 Å². The minimum absolute atomic E-state index is 0.0105. The smallest absolute Gasteiger partial charge is 0.409 e. The molecule has 7 N–H and O–H groups in total. The van der Waals surface area contributed by atoms with Crippen molar-refractivity contribution in [2.75, 3.05) is 53.5 Å². The molecule has 2 aliphatic heterocycles. The van der Waals surface area contributed by atoms with Gasteiger partial charge < -0.3 is 60.9 Å². The molecule has 3 fully saturated rings. The van der Waals surface area contributed by atoms with E-state index < -0.39 is 95.5 Å². The van der Waals surface area contributed by atoms with Gasteiger partial charge in [0.1, 0.15) is 35.5 Å². The van der Waals surface area contributed by atoms with Crippen LogP contribution in [0.1, 0.15) is 127 Å². The second kappa shape index (κ2) is 27.3. The van der Waals surface area contributed by atoms with Gasteiger partial charge in [0.15, 0.2) is 0 Å². The molecule has 1 aliphatic carbocycles. The van der Waals surface area contributed by atoms with Crippen LogP contribution in [0.3, 0.4) is 0 Å². The summed E-state index contributed by atoms with van der Waals surface area (Å²) in [6, 6.07) is 6.81. The fraction of sp³-hybridized carbons (Fsp3) is 0.732. The van der Waals surface area contributed by atoms with E-state index in [1.807, 2.05) is 54.5 Å². The van der Waals surface area contributed by atoms with Crippen molar-refractivity contribution in [3.05, 3.63) is 47.5 Å². The minimum atomic E-state index is -1.15. The summed E-state index contributed by atoms with van der Waals surface area (Å²) in [5, 5.41) is 26.3. The molecule has 1 aromatic rings. The summed E-state index contributed by atoms with van der Waals surface area (Å²) in [7, 11) is 3.19. The third-order valence-corrected chi connectivity index (χ3v) is 15.2. The maximum Gasteiger partial charge on any atom is 0.409 e. The van der Waals surface area contributed by atoms with E-state index in [9.17, 15) is 38.7 Å². The van der Waals surface area contributed by atoms with Gasteiger partial charge in [0, 0.05) is 51.0 Å². The van der Waals surface area contributed by atoms with Crippen LogP contribution in [0.2, 0.25) is 0 Å². The summed E-state index contributed by atoms with van der Waals surface area (Å²) in [6.45, 7) is 22.9. The van der Waals surface area contributed by atoms with E-state index in [0.29, 0.717) is 25.9 Å². The second-order valence-corrected chi connectivity index (χ2v) is 23.4. The van der Waals surface area contributed by atoms with Crippen molar-refractivity contribution in [1.82, 2.24) is 36.8 Å². The highest BCUT2D eigenvalue weighted by atomic mass is 16.6. The quantitative estimate of drug-likeness (QED) is 0.0437. The third kappa shape index (κ3) is 17.7. The molecule has 11 atom stereocenters. The van der Waals surface area contributed by atoms with Crippen molar-refractivity contribution in [3.63, 3.8) is 0 Å². The summed E-state index contributed by atoms with van der Waals surface area (Å²) in [5.74, 6) is -3.41. The molecule has 422 valence electrons. The van der Waals surface area contributed by atoms with Crippen molar-refractivity contribution in [1.29, 1.82) is 0 Å². The molecule has 75 heavy (non-hydrogen) atoms. The van der Waals surface area contributed by atoms with Crippen LogP contribution in [0.15, 0.2) is 42.0 Å². The van der Waals surface area contributed by atoms with E-state index in [0.717, 1.165) is 12.0 Å². The van der Waals surface area contributed by atoms with Crippen molar-refractivity contribution in [2.24, 2.45) is 34.5 Å². The van der Waals surface area contributed by atoms with E-state index in [2.05, 4.69) is 58.7 Å². The highest BCUT2D eigenvalue weighted by Crippen LogP contribution is 2.59. The Bertz CT molecular complexity index is 2150. The highest BCUT2D eigenvalue weighted by Gasteiger charge is 2.72. The lowest BCUT2D eigenvalue weighted by atomic mass is 9.64. The molecular weight excluding hydrogens is 963 g/mol. The number of nitrogens with one attached hydrogen (secondary N) is 6. The van der Waals surface area contributed by atoms with E-state index in [1.165, 1.54) is 10.5 Å². The zero-order valence-corrected chi connectivity index (χ0v) is 47.3. The first-order chi connectivity index (χ1) is 35.1. The molecule has 4 rings (SSSR count). The lowest BCUT2D eigenvalue weighted by Gasteiger charge is -2.43. The predicted molar refractivity (Wildman–Crippen MR) is 285 cm³/mol. The number of carbonyl (C=O) groups is 7. The Balaban J connectivity index is 1.32. The van der Waals surface area contributed by atoms with Crippen LogP contribution < -0.4 is 31.9 Å². The molecular formula is C56H91N7O12. The van der Waals surface area contributed by atoms with Crippen LogP contribution in [0.5, 0.6) is 0 Å². The minimum Gasteiger partial charge on any atom is -0.443 e. The summed E-state index contributed by atoms with van der Waals surface area (Å²) < 4.78 is 24.4. The van der Waals surface area contributed by atoms with Gasteiger partial charge in [-0.15, -0.1) is 0 Å². The van der Waals surface area contributed by atoms with Crippen LogP contribution in [0.4, 0.5) is 4.79 Å². The van der Waals surface area contributed by atoms with Crippen LogP contribution in [0, 0.1) is 34.5 Å². The number of aliphatic hydroxyl groups excluding tert-OH is 1. The number of carbonyl (C=O) groups excluding carboxylic acids is 7. The Labute approximate surface area is 445 Å². The zero-order chi connectivity index (χ0) is 56.1. The number of aliphatic hydroxyl groups is 1. The van der Waals surface area contributed by atoms with Crippen LogP contribution in [-0.2, 0) is 54.1 Å². The summed E-state index contributed by atoms with van der Waals surface area (Å²) in [5.41, 5.74) is -0.956. The average molecular weight is 1050 g/mol. The summed E-state index contributed by atoms with van der Waals surface area (Å²) in [6.07, 6.45) is 2.87. The number of epoxide rings is 2. The fourth-order valence-electron chi connectivity index (χ4n) is 10.7. The third-order valence-electron chi connectivity index (χ3n) is 15.2. The second-order valence-electron chi connectivity index (χ2n) is 23.4. The van der Waals surface area contributed by atoms with Crippen LogP contribution in [0.25, 0.3) is 0 Å². The maximum absolute atomic E-state index is 14.1. The number of methoxy groups -OCH3 is 1. The standard InChI is InChI=1S/C56H91N7O12/c1-34(2)20-21-43-55(12,75-43)47-46(72-14)42(22-23-56(47)33-73-56)74-52(71)63(13)25-24-57-44(65)30-58-48(67)40(26-35(3)4)62-49(68)41(27-39-18-16-15-17-19-39)61-45(66)31-60-51(70)54(11,37(7)8)32-53(10,28-36(5)6)50(69)59-29-38(9)64/h15-20,35-38,40-43,46-47,64H,21-33H2,1-14H3,(H,57,65)(H,58,67)(H,59,69)(H,60,70)(H,61,66)(H,62,68)/t38?,40-,41-,42?,43+,46?,47?,53?,54?,55-,56-/m0/s1. The van der Waals surface area contributed by atoms with Crippen LogP contribution in [-0.4, -0.2) is 153 Å². The molecule has 1 spiro atoms. The molecule has 3 aliphatic rings. The predicted octanol–water partition coefficient (Wildman–Crippen LogP) is 4.34. The molecule has 19 heteroatoms. The lowest BCUT2D eigenvalue weighted by molar-refractivity contribution is -0.142. The largest absolute Gasteiger partial charge is 0.443 e. The van der Waals surface area contributed by atoms with Gasteiger partial charge in [0.05, 0.1) is 37.8 Å². The number of ether oxygens (including phenoxy) is 4. The highest BCUT2D eigenvalue weighted by molar-refractivity contribution is 5.95. The fourth-order valence-corrected chi connectivity index (χ4v) is 10.7. The Morgan fingerprint density at radius 3 is 2.09 bits per heavy atom. The molecule has 1 aromatic carbocycles. The molecule has 2 heterocycles. The van der Waals surface area contributed by atoms with Crippen molar-refractivity contribution in [3.8, 4) is 0 Å². The van der Waals surface area contributed by atoms with Gasteiger partial charge in [0.25, 0.3) is 0 Å². The molecule has 7 amide bonds. The molecule has 1 saturated carbocycles. The summed E-state index contributed by atoms with van der Waals surface area (Å²) >= 11 is 0. The van der Waals surface area contributed by atoms with Gasteiger partial charge in [-0.05, 0) is 89.5 Å². The Morgan fingerprint density at radius 2 is 1.52 bits per heavy atom. The number of hydrogen-bond donors (Lipinski definition) is 7. The molecule has 19 nitrogen and oxygen atoms in total. The van der Waals surface area contributed by atoms with E-state index in [4.69, 9.17) is 18.9 Å². The lowest BCUT2D eigenvalue weighted by Crippen LogP contribution is -2.57. The first-order valence-corrected chi connectivity index (χ1v) is 26.9. The zero-order valence-electron chi connectivity index (χ0n) is 47.3. The number of rotatable bonds is 29. The molecule has 0 aromatic heterocycles. The van der Waals surface area contributed by atoms with Gasteiger partial charge >= 0.3 is 6.09 Å². The number of amides is 7. The molecule has 0 radical (unpaired) electrons. The number of benzene rings is 1. The molecule has 6 unspecified atom stereocenters. The Kier molecular flexibility index (Phi) is 22.7. The average Bonchev–Trinajstić information content (AvgIpc) is 4.26. The summed E-state index contributed by atoms with van der Waals surface area (Å²) in [4.78, 5) is 96.8. The first-order valence-electron chi connectivity index (χ1n) is 26.9. The van der Waals surface area contributed by atoms with E-state index in [1.54, 1.807) is 52.3 Å². The number of hydrogen-bond acceptors (Lipinski definition) is 12. The van der Waals surface area contributed by atoms with Gasteiger partial charge in [-0.2, -0.15) is 0 Å². The van der Waals surface area contributed by atoms with E-state index in [-0.39, 0.29) is 80.2 Å². The van der Waals surface area contributed by atoms with Crippen LogP contribution >= 0.6 is 0 Å². The van der Waals surface area contributed by atoms with Crippen molar-refractivity contribution in [2.45, 2.75) is 176 Å². The Hall–Kier alpha value is -5.11. The number of allylic oxidation sites excluding steroid dienone is 1. The first kappa shape index (κ1) is 62.4. The molecule has 0 bridgehead atoms. The monoisotopic (exact) mass is 1050 g/mol. The number of nitrogens with zero attached hydrogens (tertiary/aromatic N) is 1. The van der Waals surface area contributed by atoms with E-state index >= 15 is 0 Å². The number of likely N-dealkylation sites (N-methyl/N-ethyl adjacent to an activating group) is 1. The topological polar surface area (TPSA) is 259 Å². The van der Waals surface area contributed by atoms with Crippen molar-refractivity contribution < 1.29 is 57.6 Å². The van der Waals surface area contributed by atoms with Gasteiger partial charge in [-0.1, -0.05) is 97.4 Å². The van der Waals surface area contributed by atoms with Gasteiger partial charge in [-0.3, -0.25) is 28.8 Å². The normalized spacial score (nSPS) is 24.6. The maximum atomic E-state index is 14.1. The van der Waals surface area contributed by atoms with Gasteiger partial charge in [-0.25, -0.2) is 4.79 Å². The SMILES string of the molecule is COC1C(OC(=O)N(C)CCNC(=O)CNC(=O)[C@H](CC(C)C)NC(=O)[C@H](Cc2ccccc2)NC(=O)CNC(=O)C(C)(CC(C)(CC(C)C)C(=O)NCC(C)O)C(C)C)CC[C@]2(CO2)C1[C@@]1(C)O[C@@H]1CC=C(C)C. The molecule has 2 saturated heterocycles. The Morgan fingerprint density at radius 1 is 0.867 bits per heavy atom.